The molecule has 25 heavy (non-hydrogen) atoms. The predicted molar refractivity (Wildman–Crippen MR) is 97.7 cm³/mol. The van der Waals surface area contributed by atoms with Crippen LogP contribution in [0.3, 0.4) is 0 Å². The fraction of sp³-hybridized carbons (Fsp3) is 0.222. The number of rotatable bonds is 8. The average Bonchev–Trinajstić information content (AvgIpc) is 2.61. The fourth-order valence-electron chi connectivity index (χ4n) is 2.07. The molecule has 2 aromatic rings. The maximum atomic E-state index is 11.7. The van der Waals surface area contributed by atoms with Crippen LogP contribution in [0.2, 0.25) is 0 Å². The van der Waals surface area contributed by atoms with Crippen molar-refractivity contribution in [3.63, 3.8) is 0 Å². The highest BCUT2D eigenvalue weighted by atomic mass is 16.6. The minimum Gasteiger partial charge on any atom is -0.385 e. The Morgan fingerprint density at radius 1 is 1.16 bits per heavy atom. The molecule has 130 valence electrons. The lowest BCUT2D eigenvalue weighted by Crippen LogP contribution is -2.18. The molecule has 2 N–H and O–H groups in total. The third-order valence-electron chi connectivity index (χ3n) is 3.47. The number of hydrogen-bond donors (Lipinski definition) is 2. The van der Waals surface area contributed by atoms with Crippen molar-refractivity contribution >= 4 is 23.5 Å². The Morgan fingerprint density at radius 3 is 2.48 bits per heavy atom. The van der Waals surface area contributed by atoms with Gasteiger partial charge in [-0.2, -0.15) is 5.10 Å². The first-order valence-electron chi connectivity index (χ1n) is 7.91. The second-order valence-corrected chi connectivity index (χ2v) is 5.54. The smallest absolute Gasteiger partial charge is 0.269 e. The number of carbonyl (C=O) groups excluding carboxylic acids is 1. The van der Waals surface area contributed by atoms with E-state index in [0.29, 0.717) is 24.9 Å². The number of nitro groups is 1. The van der Waals surface area contributed by atoms with Gasteiger partial charge >= 0.3 is 0 Å². The summed E-state index contributed by atoms with van der Waals surface area (Å²) in [5.74, 6) is -0.177. The van der Waals surface area contributed by atoms with Crippen molar-refractivity contribution in [2.45, 2.75) is 19.8 Å². The average molecular weight is 340 g/mol. The van der Waals surface area contributed by atoms with E-state index in [-0.39, 0.29) is 11.6 Å². The maximum absolute atomic E-state index is 11.7. The number of anilines is 1. The van der Waals surface area contributed by atoms with E-state index in [2.05, 4.69) is 15.8 Å². The molecule has 7 heteroatoms. The number of hydrazone groups is 1. The molecular formula is C18H20N4O3. The van der Waals surface area contributed by atoms with Gasteiger partial charge in [-0.15, -0.1) is 0 Å². The van der Waals surface area contributed by atoms with Crippen LogP contribution in [0.15, 0.2) is 53.6 Å². The van der Waals surface area contributed by atoms with E-state index in [4.69, 9.17) is 0 Å². The summed E-state index contributed by atoms with van der Waals surface area (Å²) >= 11 is 0. The van der Waals surface area contributed by atoms with Gasteiger partial charge in [-0.25, -0.2) is 5.43 Å². The molecule has 0 fully saturated rings. The Hall–Kier alpha value is -3.22. The Labute approximate surface area is 145 Å². The van der Waals surface area contributed by atoms with Crippen LogP contribution in [0.5, 0.6) is 0 Å². The van der Waals surface area contributed by atoms with Gasteiger partial charge in [0.2, 0.25) is 5.91 Å². The van der Waals surface area contributed by atoms with E-state index in [1.807, 2.05) is 31.2 Å². The van der Waals surface area contributed by atoms with E-state index in [9.17, 15) is 14.9 Å². The molecule has 0 bridgehead atoms. The van der Waals surface area contributed by atoms with Gasteiger partial charge in [0.25, 0.3) is 5.69 Å². The summed E-state index contributed by atoms with van der Waals surface area (Å²) in [5, 5.41) is 17.7. The van der Waals surface area contributed by atoms with Gasteiger partial charge in [0.15, 0.2) is 0 Å². The summed E-state index contributed by atoms with van der Waals surface area (Å²) in [4.78, 5) is 21.8. The number of carbonyl (C=O) groups is 1. The van der Waals surface area contributed by atoms with E-state index in [1.54, 1.807) is 12.1 Å². The number of nitrogens with one attached hydrogen (secondary N) is 2. The Balaban J connectivity index is 1.66. The summed E-state index contributed by atoms with van der Waals surface area (Å²) in [6.07, 6.45) is 2.50. The van der Waals surface area contributed by atoms with E-state index in [0.717, 1.165) is 5.69 Å². The van der Waals surface area contributed by atoms with Gasteiger partial charge in [-0.3, -0.25) is 14.9 Å². The molecule has 2 aromatic carbocycles. The van der Waals surface area contributed by atoms with Gasteiger partial charge in [-0.1, -0.05) is 17.7 Å². The maximum Gasteiger partial charge on any atom is 0.269 e. The normalized spacial score (nSPS) is 10.6. The number of non-ortho nitro benzene ring substituents is 1. The zero-order valence-corrected chi connectivity index (χ0v) is 13.9. The van der Waals surface area contributed by atoms with Crippen molar-refractivity contribution in [2.75, 3.05) is 11.9 Å². The van der Waals surface area contributed by atoms with Crippen LogP contribution in [0.1, 0.15) is 24.0 Å². The molecule has 7 nitrogen and oxygen atoms in total. The largest absolute Gasteiger partial charge is 0.385 e. The van der Waals surface area contributed by atoms with E-state index in [1.165, 1.54) is 23.9 Å². The molecule has 0 unspecified atom stereocenters. The van der Waals surface area contributed by atoms with Crippen LogP contribution in [0, 0.1) is 17.0 Å². The van der Waals surface area contributed by atoms with Gasteiger partial charge in [-0.05, 0) is 43.2 Å². The molecule has 0 aliphatic rings. The summed E-state index contributed by atoms with van der Waals surface area (Å²) < 4.78 is 0. The molecule has 0 spiro atoms. The second-order valence-electron chi connectivity index (χ2n) is 5.54. The first kappa shape index (κ1) is 18.1. The first-order chi connectivity index (χ1) is 12.0. The molecule has 0 aliphatic heterocycles. The monoisotopic (exact) mass is 340 g/mol. The Bertz CT molecular complexity index is 740. The third kappa shape index (κ3) is 6.42. The molecule has 0 aromatic heterocycles. The lowest BCUT2D eigenvalue weighted by Gasteiger charge is -2.06. The number of amides is 1. The van der Waals surface area contributed by atoms with Gasteiger partial charge in [0, 0.05) is 30.8 Å². The molecule has 0 saturated heterocycles. The lowest BCUT2D eigenvalue weighted by molar-refractivity contribution is -0.384. The quantitative estimate of drug-likeness (QED) is 0.334. The zero-order valence-electron chi connectivity index (χ0n) is 13.9. The fourth-order valence-corrected chi connectivity index (χ4v) is 2.07. The minimum atomic E-state index is -0.465. The van der Waals surface area contributed by atoms with Gasteiger partial charge in [0.05, 0.1) is 11.1 Å². The molecular weight excluding hydrogens is 320 g/mol. The molecule has 2 rings (SSSR count). The summed E-state index contributed by atoms with van der Waals surface area (Å²) in [6.45, 7) is 2.73. The van der Waals surface area contributed by atoms with Crippen molar-refractivity contribution < 1.29 is 9.72 Å². The van der Waals surface area contributed by atoms with Crippen LogP contribution in [-0.4, -0.2) is 23.6 Å². The highest BCUT2D eigenvalue weighted by molar-refractivity contribution is 5.82. The number of benzene rings is 2. The third-order valence-corrected chi connectivity index (χ3v) is 3.47. The topological polar surface area (TPSA) is 96.6 Å². The molecule has 0 heterocycles. The second kappa shape index (κ2) is 9.17. The Morgan fingerprint density at radius 2 is 1.84 bits per heavy atom. The Kier molecular flexibility index (Phi) is 6.65. The number of hydrogen-bond acceptors (Lipinski definition) is 5. The van der Waals surface area contributed by atoms with E-state index >= 15 is 0 Å². The molecule has 0 aliphatic carbocycles. The standard InChI is InChI=1S/C18H20N4O3/c1-14-4-8-16(9-5-14)19-12-2-3-18(23)21-20-13-15-6-10-17(11-7-15)22(24)25/h4-11,13,19H,2-3,12H2,1H3,(H,21,23)/b20-13-. The van der Waals surface area contributed by atoms with Crippen molar-refractivity contribution in [3.05, 3.63) is 69.8 Å². The van der Waals surface area contributed by atoms with Crippen molar-refractivity contribution in [1.29, 1.82) is 0 Å². The highest BCUT2D eigenvalue weighted by Gasteiger charge is 2.03. The molecule has 0 radical (unpaired) electrons. The summed E-state index contributed by atoms with van der Waals surface area (Å²) in [7, 11) is 0. The zero-order chi connectivity index (χ0) is 18.1. The lowest BCUT2D eigenvalue weighted by atomic mass is 10.2. The van der Waals surface area contributed by atoms with Gasteiger partial charge < -0.3 is 5.32 Å². The highest BCUT2D eigenvalue weighted by Crippen LogP contribution is 2.10. The molecule has 0 atom stereocenters. The van der Waals surface area contributed by atoms with Crippen LogP contribution < -0.4 is 10.7 Å². The van der Waals surface area contributed by atoms with Crippen molar-refractivity contribution in [3.8, 4) is 0 Å². The number of nitro benzene ring substituents is 1. The predicted octanol–water partition coefficient (Wildman–Crippen LogP) is 3.25. The SMILES string of the molecule is Cc1ccc(NCCCC(=O)N/N=C\c2ccc([N+](=O)[O-])cc2)cc1. The van der Waals surface area contributed by atoms with Crippen LogP contribution in [0.4, 0.5) is 11.4 Å². The van der Waals surface area contributed by atoms with Crippen molar-refractivity contribution in [2.24, 2.45) is 5.10 Å². The minimum absolute atomic E-state index is 0.0160. The first-order valence-corrected chi connectivity index (χ1v) is 7.91. The molecule has 0 saturated carbocycles. The number of aryl methyl sites for hydroxylation is 1. The summed E-state index contributed by atoms with van der Waals surface area (Å²) in [6, 6.07) is 14.0. The summed E-state index contributed by atoms with van der Waals surface area (Å²) in [5.41, 5.74) is 5.37. The van der Waals surface area contributed by atoms with Crippen LogP contribution >= 0.6 is 0 Å². The van der Waals surface area contributed by atoms with Gasteiger partial charge in [0.1, 0.15) is 0 Å². The van der Waals surface area contributed by atoms with Crippen LogP contribution in [0.25, 0.3) is 0 Å². The van der Waals surface area contributed by atoms with Crippen LogP contribution in [-0.2, 0) is 4.79 Å². The molecule has 1 amide bonds. The van der Waals surface area contributed by atoms with Crippen molar-refractivity contribution in [1.82, 2.24) is 5.43 Å². The van der Waals surface area contributed by atoms with E-state index < -0.39 is 4.92 Å². The number of nitrogens with zero attached hydrogens (tertiary/aromatic N) is 2.